The number of aryl methyl sites for hydroxylation is 1. The first kappa shape index (κ1) is 13.9. The number of nitrogens with zero attached hydrogens (tertiary/aromatic N) is 2. The Morgan fingerprint density at radius 2 is 2.24 bits per heavy atom. The molecule has 1 aliphatic carbocycles. The summed E-state index contributed by atoms with van der Waals surface area (Å²) < 4.78 is 2.09. The minimum Gasteiger partial charge on any atom is -0.342 e. The number of amides is 1. The van der Waals surface area contributed by atoms with Gasteiger partial charge in [0.1, 0.15) is 5.69 Å². The Morgan fingerprint density at radius 1 is 1.43 bits per heavy atom. The van der Waals surface area contributed by atoms with E-state index < -0.39 is 0 Å². The number of hydrogen-bond donors (Lipinski definition) is 1. The highest BCUT2D eigenvalue weighted by Crippen LogP contribution is 2.36. The highest BCUT2D eigenvalue weighted by Gasteiger charge is 2.27. The van der Waals surface area contributed by atoms with Crippen LogP contribution in [-0.2, 0) is 0 Å². The fourth-order valence-corrected chi connectivity index (χ4v) is 2.72. The number of hydrogen-bond acceptors (Lipinski definition) is 2. The lowest BCUT2D eigenvalue weighted by Crippen LogP contribution is -2.30. The highest BCUT2D eigenvalue weighted by atomic mass is 16.2. The van der Waals surface area contributed by atoms with Crippen molar-refractivity contribution >= 4 is 5.91 Å². The predicted octanol–water partition coefficient (Wildman–Crippen LogP) is 3.41. The third kappa shape index (κ3) is 2.84. The van der Waals surface area contributed by atoms with E-state index in [9.17, 15) is 4.79 Å². The van der Waals surface area contributed by atoms with E-state index in [4.69, 9.17) is 0 Å². The summed E-state index contributed by atoms with van der Waals surface area (Å²) in [5, 5.41) is 3.13. The SMILES string of the molecule is CC[C@H](NC(=O)c1cccn1C1CC1)c1ncccc1C. The summed E-state index contributed by atoms with van der Waals surface area (Å²) in [4.78, 5) is 17.0. The van der Waals surface area contributed by atoms with Gasteiger partial charge in [-0.15, -0.1) is 0 Å². The fraction of sp³-hybridized carbons (Fsp3) is 0.412. The van der Waals surface area contributed by atoms with Gasteiger partial charge in [-0.1, -0.05) is 13.0 Å². The molecule has 0 aromatic carbocycles. The van der Waals surface area contributed by atoms with Crippen molar-refractivity contribution in [3.63, 3.8) is 0 Å². The van der Waals surface area contributed by atoms with E-state index in [-0.39, 0.29) is 11.9 Å². The van der Waals surface area contributed by atoms with E-state index in [0.717, 1.165) is 23.4 Å². The number of carbonyl (C=O) groups excluding carboxylic acids is 1. The molecular weight excluding hydrogens is 262 g/mol. The zero-order valence-electron chi connectivity index (χ0n) is 12.5. The van der Waals surface area contributed by atoms with Gasteiger partial charge in [-0.3, -0.25) is 9.78 Å². The number of pyridine rings is 1. The summed E-state index contributed by atoms with van der Waals surface area (Å²) in [6.45, 7) is 4.10. The predicted molar refractivity (Wildman–Crippen MR) is 82.2 cm³/mol. The lowest BCUT2D eigenvalue weighted by atomic mass is 10.1. The Hall–Kier alpha value is -2.10. The van der Waals surface area contributed by atoms with Crippen LogP contribution in [0.25, 0.3) is 0 Å². The van der Waals surface area contributed by atoms with Crippen LogP contribution in [0.15, 0.2) is 36.7 Å². The zero-order chi connectivity index (χ0) is 14.8. The summed E-state index contributed by atoms with van der Waals surface area (Å²) in [6, 6.07) is 8.26. The maximum absolute atomic E-state index is 12.6. The van der Waals surface area contributed by atoms with Crippen molar-refractivity contribution < 1.29 is 4.79 Å². The highest BCUT2D eigenvalue weighted by molar-refractivity contribution is 5.93. The summed E-state index contributed by atoms with van der Waals surface area (Å²) in [6.07, 6.45) is 6.95. The molecular formula is C17H21N3O. The number of nitrogens with one attached hydrogen (secondary N) is 1. The molecule has 1 saturated carbocycles. The molecule has 21 heavy (non-hydrogen) atoms. The quantitative estimate of drug-likeness (QED) is 0.914. The molecule has 1 aliphatic rings. The Bertz CT molecular complexity index is 643. The summed E-state index contributed by atoms with van der Waals surface area (Å²) in [5.74, 6) is -0.0104. The Morgan fingerprint density at radius 3 is 2.90 bits per heavy atom. The van der Waals surface area contributed by atoms with Crippen molar-refractivity contribution in [1.82, 2.24) is 14.9 Å². The molecule has 110 valence electrons. The van der Waals surface area contributed by atoms with E-state index in [2.05, 4.69) is 21.8 Å². The van der Waals surface area contributed by atoms with Crippen molar-refractivity contribution in [2.75, 3.05) is 0 Å². The summed E-state index contributed by atoms with van der Waals surface area (Å²) in [5.41, 5.74) is 2.82. The molecule has 4 heteroatoms. The molecule has 4 nitrogen and oxygen atoms in total. The molecule has 1 N–H and O–H groups in total. The molecule has 2 aromatic heterocycles. The molecule has 0 spiro atoms. The van der Waals surface area contributed by atoms with E-state index in [0.29, 0.717) is 6.04 Å². The smallest absolute Gasteiger partial charge is 0.268 e. The topological polar surface area (TPSA) is 46.9 Å². The molecule has 2 aromatic rings. The first-order valence-corrected chi connectivity index (χ1v) is 7.60. The van der Waals surface area contributed by atoms with Gasteiger partial charge in [-0.2, -0.15) is 0 Å². The monoisotopic (exact) mass is 283 g/mol. The Kier molecular flexibility index (Phi) is 3.78. The summed E-state index contributed by atoms with van der Waals surface area (Å²) >= 11 is 0. The van der Waals surface area contributed by atoms with Crippen LogP contribution < -0.4 is 5.32 Å². The zero-order valence-corrected chi connectivity index (χ0v) is 12.5. The number of carbonyl (C=O) groups is 1. The van der Waals surface area contributed by atoms with Crippen LogP contribution in [0.4, 0.5) is 0 Å². The normalized spacial score (nSPS) is 15.7. The minimum absolute atomic E-state index is 0.0104. The largest absolute Gasteiger partial charge is 0.342 e. The summed E-state index contributed by atoms with van der Waals surface area (Å²) in [7, 11) is 0. The average Bonchev–Trinajstić information content (AvgIpc) is 3.22. The van der Waals surface area contributed by atoms with Gasteiger partial charge < -0.3 is 9.88 Å². The average molecular weight is 283 g/mol. The van der Waals surface area contributed by atoms with Gasteiger partial charge in [-0.25, -0.2) is 0 Å². The van der Waals surface area contributed by atoms with Gasteiger partial charge in [-0.05, 0) is 49.9 Å². The van der Waals surface area contributed by atoms with E-state index >= 15 is 0 Å². The Labute approximate surface area is 125 Å². The van der Waals surface area contributed by atoms with Crippen molar-refractivity contribution in [2.24, 2.45) is 0 Å². The molecule has 0 radical (unpaired) electrons. The third-order valence-electron chi connectivity index (χ3n) is 4.05. The van der Waals surface area contributed by atoms with Gasteiger partial charge in [0, 0.05) is 18.4 Å². The molecule has 0 aliphatic heterocycles. The van der Waals surface area contributed by atoms with Crippen LogP contribution in [0.1, 0.15) is 60.0 Å². The molecule has 0 bridgehead atoms. The van der Waals surface area contributed by atoms with E-state index in [1.807, 2.05) is 37.4 Å². The van der Waals surface area contributed by atoms with Crippen molar-refractivity contribution in [3.05, 3.63) is 53.6 Å². The minimum atomic E-state index is -0.0405. The lowest BCUT2D eigenvalue weighted by Gasteiger charge is -2.19. The second-order valence-corrected chi connectivity index (χ2v) is 5.67. The van der Waals surface area contributed by atoms with Crippen LogP contribution in [-0.4, -0.2) is 15.5 Å². The van der Waals surface area contributed by atoms with E-state index in [1.54, 1.807) is 6.20 Å². The van der Waals surface area contributed by atoms with Crippen molar-refractivity contribution in [1.29, 1.82) is 0 Å². The van der Waals surface area contributed by atoms with Crippen LogP contribution >= 0.6 is 0 Å². The van der Waals surface area contributed by atoms with Gasteiger partial charge in [0.2, 0.25) is 0 Å². The second kappa shape index (κ2) is 5.72. The Balaban J connectivity index is 1.79. The number of rotatable bonds is 5. The number of aromatic nitrogens is 2. The van der Waals surface area contributed by atoms with E-state index in [1.165, 1.54) is 12.8 Å². The fourth-order valence-electron chi connectivity index (χ4n) is 2.72. The first-order chi connectivity index (χ1) is 10.2. The van der Waals surface area contributed by atoms with Crippen LogP contribution in [0.5, 0.6) is 0 Å². The third-order valence-corrected chi connectivity index (χ3v) is 4.05. The molecule has 0 saturated heterocycles. The standard InChI is InChI=1S/C17H21N3O/c1-3-14(16-12(2)6-4-10-18-16)19-17(21)15-7-5-11-20(15)13-8-9-13/h4-7,10-11,13-14H,3,8-9H2,1-2H3,(H,19,21)/t14-/m0/s1. The van der Waals surface area contributed by atoms with Crippen LogP contribution in [0.3, 0.4) is 0 Å². The molecule has 1 amide bonds. The van der Waals surface area contributed by atoms with Gasteiger partial charge in [0.05, 0.1) is 11.7 Å². The molecule has 1 atom stereocenters. The maximum Gasteiger partial charge on any atom is 0.268 e. The maximum atomic E-state index is 12.6. The van der Waals surface area contributed by atoms with Gasteiger partial charge in [0.25, 0.3) is 5.91 Å². The molecule has 3 rings (SSSR count). The first-order valence-electron chi connectivity index (χ1n) is 7.60. The van der Waals surface area contributed by atoms with Crippen LogP contribution in [0, 0.1) is 6.92 Å². The molecule has 1 fully saturated rings. The van der Waals surface area contributed by atoms with Crippen molar-refractivity contribution in [2.45, 2.75) is 45.2 Å². The van der Waals surface area contributed by atoms with Gasteiger partial charge >= 0.3 is 0 Å². The van der Waals surface area contributed by atoms with Gasteiger partial charge in [0.15, 0.2) is 0 Å². The second-order valence-electron chi connectivity index (χ2n) is 5.67. The molecule has 0 unspecified atom stereocenters. The van der Waals surface area contributed by atoms with Crippen LogP contribution in [0.2, 0.25) is 0 Å². The lowest BCUT2D eigenvalue weighted by molar-refractivity contribution is 0.0925. The van der Waals surface area contributed by atoms with Crippen molar-refractivity contribution in [3.8, 4) is 0 Å². The molecule has 2 heterocycles.